The molecule has 1 atom stereocenters. The lowest BCUT2D eigenvalue weighted by molar-refractivity contribution is -0.142. The maximum absolute atomic E-state index is 12.0. The van der Waals surface area contributed by atoms with Crippen molar-refractivity contribution in [2.45, 2.75) is 122 Å². The lowest BCUT2D eigenvalue weighted by Crippen LogP contribution is -2.41. The van der Waals surface area contributed by atoms with Gasteiger partial charge >= 0.3 is 11.9 Å². The van der Waals surface area contributed by atoms with E-state index in [2.05, 4.69) is 5.32 Å². The summed E-state index contributed by atoms with van der Waals surface area (Å²) in [5, 5.41) is 20.4. The number of carbonyl (C=O) groups is 4. The van der Waals surface area contributed by atoms with Crippen molar-refractivity contribution in [1.82, 2.24) is 5.32 Å². The number of carbonyl (C=O) groups excluding carboxylic acids is 2. The van der Waals surface area contributed by atoms with Gasteiger partial charge in [-0.3, -0.25) is 14.4 Å². The standard InChI is InChI=1S/C24H41NO6/c26-21(19-15-16-19)18-17-20(24(30)31)25-22(27)13-11-9-7-5-3-1-2-4-6-8-10-12-14-23(28)29/h19-20H,1-18H2,(H,25,27)(H,28,29)(H,30,31)/t20-/m0/s1. The van der Waals surface area contributed by atoms with Gasteiger partial charge in [0.2, 0.25) is 5.91 Å². The molecule has 0 aromatic rings. The number of Topliss-reactive ketones (excluding diaryl/α,β-unsaturated/α-hetero) is 1. The Labute approximate surface area is 186 Å². The number of nitrogens with one attached hydrogen (secondary N) is 1. The van der Waals surface area contributed by atoms with Crippen molar-refractivity contribution in [2.75, 3.05) is 0 Å². The van der Waals surface area contributed by atoms with Gasteiger partial charge in [0.05, 0.1) is 0 Å². The van der Waals surface area contributed by atoms with E-state index in [0.29, 0.717) is 6.42 Å². The molecule has 1 rings (SSSR count). The zero-order valence-electron chi connectivity index (χ0n) is 18.9. The number of unbranched alkanes of at least 4 members (excludes halogenated alkanes) is 11. The molecule has 1 aliphatic rings. The van der Waals surface area contributed by atoms with Crippen LogP contribution >= 0.6 is 0 Å². The lowest BCUT2D eigenvalue weighted by Gasteiger charge is -2.14. The van der Waals surface area contributed by atoms with Gasteiger partial charge in [-0.2, -0.15) is 0 Å². The molecule has 0 spiro atoms. The molecule has 0 aromatic carbocycles. The van der Waals surface area contributed by atoms with Crippen LogP contribution in [0.15, 0.2) is 0 Å². The molecule has 0 unspecified atom stereocenters. The third-order valence-corrected chi connectivity index (χ3v) is 5.89. The lowest BCUT2D eigenvalue weighted by atomic mass is 10.0. The van der Waals surface area contributed by atoms with Crippen LogP contribution in [0.4, 0.5) is 0 Å². The maximum atomic E-state index is 12.0. The normalized spacial score (nSPS) is 14.2. The molecule has 7 nitrogen and oxygen atoms in total. The highest BCUT2D eigenvalue weighted by Gasteiger charge is 2.30. The zero-order valence-corrected chi connectivity index (χ0v) is 18.9. The first-order valence-electron chi connectivity index (χ1n) is 12.2. The van der Waals surface area contributed by atoms with Crippen LogP contribution in [0.3, 0.4) is 0 Å². The molecule has 0 radical (unpaired) electrons. The van der Waals surface area contributed by atoms with Crippen molar-refractivity contribution < 1.29 is 29.4 Å². The highest BCUT2D eigenvalue weighted by molar-refractivity contribution is 5.86. The Hall–Kier alpha value is -1.92. The number of carboxylic acids is 2. The monoisotopic (exact) mass is 439 g/mol. The molecular weight excluding hydrogens is 398 g/mol. The third kappa shape index (κ3) is 15.5. The highest BCUT2D eigenvalue weighted by atomic mass is 16.4. The number of rotatable bonds is 21. The summed E-state index contributed by atoms with van der Waals surface area (Å²) in [4.78, 5) is 45.4. The SMILES string of the molecule is O=C(O)CCCCCCCCCCCCCCC(=O)N[C@@H](CCC(=O)C1CC1)C(=O)O. The van der Waals surface area contributed by atoms with Gasteiger partial charge in [-0.05, 0) is 32.1 Å². The summed E-state index contributed by atoms with van der Waals surface area (Å²) < 4.78 is 0. The quantitative estimate of drug-likeness (QED) is 0.220. The van der Waals surface area contributed by atoms with E-state index in [4.69, 9.17) is 5.11 Å². The van der Waals surface area contributed by atoms with Crippen LogP contribution in [0, 0.1) is 5.92 Å². The Morgan fingerprint density at radius 2 is 1.13 bits per heavy atom. The van der Waals surface area contributed by atoms with Crippen LogP contribution in [-0.2, 0) is 19.2 Å². The predicted octanol–water partition coefficient (Wildman–Crippen LogP) is 4.86. The Morgan fingerprint density at radius 1 is 0.677 bits per heavy atom. The van der Waals surface area contributed by atoms with Gasteiger partial charge in [0.1, 0.15) is 11.8 Å². The average Bonchev–Trinajstić information content (AvgIpc) is 3.56. The third-order valence-electron chi connectivity index (χ3n) is 5.89. The van der Waals surface area contributed by atoms with E-state index in [0.717, 1.165) is 57.8 Å². The van der Waals surface area contributed by atoms with Gasteiger partial charge < -0.3 is 15.5 Å². The molecule has 1 aliphatic carbocycles. The molecule has 1 saturated carbocycles. The first-order valence-corrected chi connectivity index (χ1v) is 12.2. The van der Waals surface area contributed by atoms with Gasteiger partial charge in [0.15, 0.2) is 0 Å². The fraction of sp³-hybridized carbons (Fsp3) is 0.833. The predicted molar refractivity (Wildman–Crippen MR) is 119 cm³/mol. The van der Waals surface area contributed by atoms with E-state index in [1.807, 2.05) is 0 Å². The zero-order chi connectivity index (χ0) is 22.9. The van der Waals surface area contributed by atoms with E-state index in [-0.39, 0.29) is 36.9 Å². The van der Waals surface area contributed by atoms with E-state index in [1.165, 1.54) is 32.1 Å². The van der Waals surface area contributed by atoms with E-state index in [9.17, 15) is 24.3 Å². The summed E-state index contributed by atoms with van der Waals surface area (Å²) in [6.07, 6.45) is 15.8. The van der Waals surface area contributed by atoms with Crippen LogP contribution in [0.25, 0.3) is 0 Å². The summed E-state index contributed by atoms with van der Waals surface area (Å²) >= 11 is 0. The number of hydrogen-bond donors (Lipinski definition) is 3. The van der Waals surface area contributed by atoms with Crippen molar-refractivity contribution in [3.63, 3.8) is 0 Å². The summed E-state index contributed by atoms with van der Waals surface area (Å²) in [5.41, 5.74) is 0. The van der Waals surface area contributed by atoms with Gasteiger partial charge in [-0.25, -0.2) is 4.79 Å². The Balaban J connectivity index is 1.91. The van der Waals surface area contributed by atoms with Crippen molar-refractivity contribution in [2.24, 2.45) is 5.92 Å². The first-order chi connectivity index (χ1) is 14.9. The van der Waals surface area contributed by atoms with Crippen molar-refractivity contribution >= 4 is 23.6 Å². The van der Waals surface area contributed by atoms with E-state index in [1.54, 1.807) is 0 Å². The van der Waals surface area contributed by atoms with Crippen LogP contribution < -0.4 is 5.32 Å². The molecule has 1 amide bonds. The molecule has 7 heteroatoms. The number of carboxylic acid groups (broad SMARTS) is 2. The first kappa shape index (κ1) is 27.1. The molecule has 0 saturated heterocycles. The molecule has 0 bridgehead atoms. The number of aliphatic carboxylic acids is 2. The summed E-state index contributed by atoms with van der Waals surface area (Å²) in [6, 6.07) is -0.965. The molecule has 3 N–H and O–H groups in total. The molecule has 0 aromatic heterocycles. The fourth-order valence-electron chi connectivity index (χ4n) is 3.75. The molecule has 178 valence electrons. The van der Waals surface area contributed by atoms with Crippen molar-refractivity contribution in [1.29, 1.82) is 0 Å². The Kier molecular flexibility index (Phi) is 14.6. The van der Waals surface area contributed by atoms with Crippen molar-refractivity contribution in [3.05, 3.63) is 0 Å². The van der Waals surface area contributed by atoms with Crippen LogP contribution in [0.1, 0.15) is 116 Å². The minimum Gasteiger partial charge on any atom is -0.481 e. The molecule has 31 heavy (non-hydrogen) atoms. The second-order valence-electron chi connectivity index (χ2n) is 8.87. The molecular formula is C24H41NO6. The largest absolute Gasteiger partial charge is 0.481 e. The number of ketones is 1. The summed E-state index contributed by atoms with van der Waals surface area (Å²) in [5.74, 6) is -1.77. The Morgan fingerprint density at radius 3 is 1.55 bits per heavy atom. The second kappa shape index (κ2) is 16.7. The van der Waals surface area contributed by atoms with E-state index < -0.39 is 18.0 Å². The summed E-state index contributed by atoms with van der Waals surface area (Å²) in [6.45, 7) is 0. The summed E-state index contributed by atoms with van der Waals surface area (Å²) in [7, 11) is 0. The van der Waals surface area contributed by atoms with Gasteiger partial charge in [0, 0.05) is 25.2 Å². The van der Waals surface area contributed by atoms with E-state index >= 15 is 0 Å². The van der Waals surface area contributed by atoms with Crippen LogP contribution in [-0.4, -0.2) is 39.9 Å². The average molecular weight is 440 g/mol. The Bertz CT molecular complexity index is 558. The van der Waals surface area contributed by atoms with Crippen molar-refractivity contribution in [3.8, 4) is 0 Å². The molecule has 0 heterocycles. The van der Waals surface area contributed by atoms with Crippen LogP contribution in [0.5, 0.6) is 0 Å². The molecule has 0 aliphatic heterocycles. The van der Waals surface area contributed by atoms with Crippen LogP contribution in [0.2, 0.25) is 0 Å². The topological polar surface area (TPSA) is 121 Å². The number of hydrogen-bond acceptors (Lipinski definition) is 4. The molecule has 1 fully saturated rings. The van der Waals surface area contributed by atoms with Gasteiger partial charge in [-0.15, -0.1) is 0 Å². The minimum absolute atomic E-state index is 0.122. The highest BCUT2D eigenvalue weighted by Crippen LogP contribution is 2.31. The maximum Gasteiger partial charge on any atom is 0.326 e. The smallest absolute Gasteiger partial charge is 0.326 e. The number of amides is 1. The fourth-order valence-corrected chi connectivity index (χ4v) is 3.75. The van der Waals surface area contributed by atoms with Gasteiger partial charge in [0.25, 0.3) is 0 Å². The van der Waals surface area contributed by atoms with Gasteiger partial charge in [-0.1, -0.05) is 64.2 Å². The minimum atomic E-state index is -1.07. The second-order valence-corrected chi connectivity index (χ2v) is 8.87.